The Bertz CT molecular complexity index is 665. The van der Waals surface area contributed by atoms with Crippen molar-refractivity contribution in [1.82, 2.24) is 25.4 Å². The number of hydrogen-bond donors (Lipinski definition) is 3. The summed E-state index contributed by atoms with van der Waals surface area (Å²) in [6.45, 7) is 8.23. The molecule has 2 amide bonds. The van der Waals surface area contributed by atoms with Crippen LogP contribution in [0.5, 0.6) is 0 Å². The first-order valence-electron chi connectivity index (χ1n) is 8.44. The SMILES string of the molecule is CC(O)CC(C)(C)CNC(=O)NC(C)c1ccc(-n2cncn2)cc1. The molecule has 2 rings (SSSR count). The van der Waals surface area contributed by atoms with E-state index in [0.717, 1.165) is 11.3 Å². The van der Waals surface area contributed by atoms with Gasteiger partial charge < -0.3 is 15.7 Å². The van der Waals surface area contributed by atoms with Crippen LogP contribution >= 0.6 is 0 Å². The number of aromatic nitrogens is 3. The van der Waals surface area contributed by atoms with Crippen molar-refractivity contribution in [2.45, 2.75) is 46.3 Å². The van der Waals surface area contributed by atoms with Crippen molar-refractivity contribution in [3.8, 4) is 5.69 Å². The van der Waals surface area contributed by atoms with Crippen LogP contribution in [0, 0.1) is 5.41 Å². The van der Waals surface area contributed by atoms with Gasteiger partial charge in [-0.2, -0.15) is 5.10 Å². The molecule has 0 aliphatic heterocycles. The number of hydrogen-bond acceptors (Lipinski definition) is 4. The third-order valence-electron chi connectivity index (χ3n) is 4.00. The molecule has 0 fully saturated rings. The minimum absolute atomic E-state index is 0.121. The van der Waals surface area contributed by atoms with E-state index in [9.17, 15) is 9.90 Å². The number of benzene rings is 1. The smallest absolute Gasteiger partial charge is 0.315 e. The van der Waals surface area contributed by atoms with Gasteiger partial charge in [0.2, 0.25) is 0 Å². The van der Waals surface area contributed by atoms with Crippen molar-refractivity contribution < 1.29 is 9.90 Å². The molecule has 2 atom stereocenters. The van der Waals surface area contributed by atoms with Crippen LogP contribution in [0.15, 0.2) is 36.9 Å². The normalized spacial score (nSPS) is 14.0. The van der Waals surface area contributed by atoms with Crippen LogP contribution in [-0.2, 0) is 0 Å². The third-order valence-corrected chi connectivity index (χ3v) is 4.00. The van der Waals surface area contributed by atoms with E-state index in [2.05, 4.69) is 20.7 Å². The highest BCUT2D eigenvalue weighted by Gasteiger charge is 2.21. The average molecular weight is 345 g/mol. The maximum Gasteiger partial charge on any atom is 0.315 e. The van der Waals surface area contributed by atoms with Crippen molar-refractivity contribution >= 4 is 6.03 Å². The fraction of sp³-hybridized carbons (Fsp3) is 0.500. The zero-order chi connectivity index (χ0) is 18.4. The lowest BCUT2D eigenvalue weighted by molar-refractivity contribution is 0.128. The van der Waals surface area contributed by atoms with E-state index >= 15 is 0 Å². The van der Waals surface area contributed by atoms with Crippen LogP contribution in [0.25, 0.3) is 5.69 Å². The zero-order valence-electron chi connectivity index (χ0n) is 15.2. The summed E-state index contributed by atoms with van der Waals surface area (Å²) in [6, 6.07) is 7.45. The summed E-state index contributed by atoms with van der Waals surface area (Å²) in [5.74, 6) is 0. The molecule has 0 bridgehead atoms. The zero-order valence-corrected chi connectivity index (χ0v) is 15.2. The Morgan fingerprint density at radius 3 is 2.52 bits per heavy atom. The molecule has 0 spiro atoms. The topological polar surface area (TPSA) is 92.1 Å². The molecule has 0 saturated carbocycles. The van der Waals surface area contributed by atoms with E-state index in [-0.39, 0.29) is 23.6 Å². The summed E-state index contributed by atoms with van der Waals surface area (Å²) in [7, 11) is 0. The molecule has 1 aromatic heterocycles. The molecular weight excluding hydrogens is 318 g/mol. The predicted molar refractivity (Wildman–Crippen MR) is 96.4 cm³/mol. The molecule has 0 radical (unpaired) electrons. The minimum atomic E-state index is -0.387. The number of rotatable bonds is 7. The molecule has 2 aromatic rings. The summed E-state index contributed by atoms with van der Waals surface area (Å²) >= 11 is 0. The van der Waals surface area contributed by atoms with Gasteiger partial charge in [-0.1, -0.05) is 26.0 Å². The molecule has 25 heavy (non-hydrogen) atoms. The highest BCUT2D eigenvalue weighted by atomic mass is 16.3. The van der Waals surface area contributed by atoms with Gasteiger partial charge in [0.1, 0.15) is 12.7 Å². The number of amides is 2. The molecule has 7 heteroatoms. The van der Waals surface area contributed by atoms with Crippen molar-refractivity contribution in [3.63, 3.8) is 0 Å². The summed E-state index contributed by atoms with van der Waals surface area (Å²) in [5.41, 5.74) is 1.76. The van der Waals surface area contributed by atoms with Crippen LogP contribution in [-0.4, -0.2) is 38.6 Å². The predicted octanol–water partition coefficient (Wildman–Crippen LogP) is 2.42. The molecule has 3 N–H and O–H groups in total. The Labute approximate surface area is 148 Å². The average Bonchev–Trinajstić information content (AvgIpc) is 3.06. The van der Waals surface area contributed by atoms with Crippen LogP contribution < -0.4 is 10.6 Å². The summed E-state index contributed by atoms with van der Waals surface area (Å²) in [4.78, 5) is 16.0. The van der Waals surface area contributed by atoms with E-state index in [1.54, 1.807) is 17.9 Å². The Morgan fingerprint density at radius 2 is 1.96 bits per heavy atom. The Kier molecular flexibility index (Phi) is 6.14. The number of urea groups is 1. The summed E-state index contributed by atoms with van der Waals surface area (Å²) in [5, 5.41) is 19.4. The largest absolute Gasteiger partial charge is 0.393 e. The molecule has 0 aliphatic rings. The van der Waals surface area contributed by atoms with Crippen LogP contribution in [0.4, 0.5) is 4.79 Å². The van der Waals surface area contributed by atoms with Gasteiger partial charge in [-0.05, 0) is 43.4 Å². The fourth-order valence-electron chi connectivity index (χ4n) is 2.78. The fourth-order valence-corrected chi connectivity index (χ4v) is 2.78. The molecule has 7 nitrogen and oxygen atoms in total. The highest BCUT2D eigenvalue weighted by molar-refractivity contribution is 5.74. The number of nitrogens with zero attached hydrogens (tertiary/aromatic N) is 3. The van der Waals surface area contributed by atoms with Gasteiger partial charge >= 0.3 is 6.03 Å². The van der Waals surface area contributed by atoms with Gasteiger partial charge in [-0.3, -0.25) is 0 Å². The molecule has 136 valence electrons. The number of nitrogens with one attached hydrogen (secondary N) is 2. The van der Waals surface area contributed by atoms with Crippen molar-refractivity contribution in [2.24, 2.45) is 5.41 Å². The first-order valence-corrected chi connectivity index (χ1v) is 8.44. The Balaban J connectivity index is 1.86. The van der Waals surface area contributed by atoms with Crippen molar-refractivity contribution in [1.29, 1.82) is 0 Å². The lowest BCUT2D eigenvalue weighted by atomic mass is 9.87. The van der Waals surface area contributed by atoms with Gasteiger partial charge in [-0.25, -0.2) is 14.5 Å². The van der Waals surface area contributed by atoms with E-state index in [1.165, 1.54) is 6.33 Å². The molecule has 0 saturated heterocycles. The first-order chi connectivity index (χ1) is 11.8. The van der Waals surface area contributed by atoms with E-state index in [1.807, 2.05) is 45.0 Å². The summed E-state index contributed by atoms with van der Waals surface area (Å²) in [6.07, 6.45) is 3.37. The molecule has 2 unspecified atom stereocenters. The van der Waals surface area contributed by atoms with Crippen LogP contribution in [0.2, 0.25) is 0 Å². The maximum atomic E-state index is 12.1. The quantitative estimate of drug-likeness (QED) is 0.718. The lowest BCUT2D eigenvalue weighted by Gasteiger charge is -2.27. The second-order valence-electron chi connectivity index (χ2n) is 7.20. The first kappa shape index (κ1) is 18.9. The number of aliphatic hydroxyl groups is 1. The third kappa shape index (κ3) is 5.86. The van der Waals surface area contributed by atoms with Gasteiger partial charge in [0.25, 0.3) is 0 Å². The molecule has 0 aliphatic carbocycles. The number of carbonyl (C=O) groups is 1. The van der Waals surface area contributed by atoms with Gasteiger partial charge in [0, 0.05) is 6.54 Å². The maximum absolute atomic E-state index is 12.1. The molecule has 1 aromatic carbocycles. The molecular formula is C18H27N5O2. The summed E-state index contributed by atoms with van der Waals surface area (Å²) < 4.78 is 1.68. The Hall–Kier alpha value is -2.41. The second kappa shape index (κ2) is 8.11. The van der Waals surface area contributed by atoms with Crippen molar-refractivity contribution in [2.75, 3.05) is 6.54 Å². The number of carbonyl (C=O) groups excluding carboxylic acids is 1. The standard InChI is InChI=1S/C18H27N5O2/c1-13(24)9-18(3,4)10-20-17(25)22-14(2)15-5-7-16(8-6-15)23-12-19-11-21-23/h5-8,11-14,24H,9-10H2,1-4H3,(H2,20,22,25). The Morgan fingerprint density at radius 1 is 1.28 bits per heavy atom. The second-order valence-corrected chi connectivity index (χ2v) is 7.20. The highest BCUT2D eigenvalue weighted by Crippen LogP contribution is 2.21. The number of aliphatic hydroxyl groups excluding tert-OH is 1. The van der Waals surface area contributed by atoms with Crippen LogP contribution in [0.3, 0.4) is 0 Å². The molecule has 1 heterocycles. The van der Waals surface area contributed by atoms with Gasteiger partial charge in [-0.15, -0.1) is 0 Å². The lowest BCUT2D eigenvalue weighted by Crippen LogP contribution is -2.42. The van der Waals surface area contributed by atoms with E-state index < -0.39 is 0 Å². The van der Waals surface area contributed by atoms with E-state index in [0.29, 0.717) is 13.0 Å². The van der Waals surface area contributed by atoms with Gasteiger partial charge in [0.15, 0.2) is 0 Å². The van der Waals surface area contributed by atoms with E-state index in [4.69, 9.17) is 0 Å². The monoisotopic (exact) mass is 345 g/mol. The van der Waals surface area contributed by atoms with Gasteiger partial charge in [0.05, 0.1) is 17.8 Å². The van der Waals surface area contributed by atoms with Crippen molar-refractivity contribution in [3.05, 3.63) is 42.5 Å². The minimum Gasteiger partial charge on any atom is -0.393 e. The van der Waals surface area contributed by atoms with Crippen LogP contribution in [0.1, 0.15) is 45.7 Å².